The Labute approximate surface area is 114 Å². The Morgan fingerprint density at radius 1 is 1.25 bits per heavy atom. The van der Waals surface area contributed by atoms with Crippen molar-refractivity contribution in [2.24, 2.45) is 0 Å². The molecule has 20 heavy (non-hydrogen) atoms. The second kappa shape index (κ2) is 6.93. The number of urea groups is 1. The zero-order valence-electron chi connectivity index (χ0n) is 10.9. The van der Waals surface area contributed by atoms with Gasteiger partial charge in [-0.1, -0.05) is 12.1 Å². The van der Waals surface area contributed by atoms with Gasteiger partial charge in [0.2, 0.25) is 0 Å². The summed E-state index contributed by atoms with van der Waals surface area (Å²) in [5.41, 5.74) is 0.853. The molecule has 1 aromatic rings. The Balaban J connectivity index is 2.39. The van der Waals surface area contributed by atoms with E-state index in [0.717, 1.165) is 0 Å². The molecule has 0 bridgehead atoms. The summed E-state index contributed by atoms with van der Waals surface area (Å²) in [5.74, 6) is -0.140. The van der Waals surface area contributed by atoms with Gasteiger partial charge in [-0.2, -0.15) is 13.2 Å². The first kappa shape index (κ1) is 16.0. The average molecular weight is 288 g/mol. The van der Waals surface area contributed by atoms with Gasteiger partial charge in [-0.05, 0) is 25.5 Å². The number of carbonyl (C=O) groups excluding carboxylic acids is 2. The highest BCUT2D eigenvalue weighted by atomic mass is 19.4. The maximum atomic E-state index is 11.9. The van der Waals surface area contributed by atoms with E-state index in [0.29, 0.717) is 11.3 Å². The van der Waals surface area contributed by atoms with Gasteiger partial charge < -0.3 is 10.6 Å². The molecule has 0 aliphatic heterocycles. The first-order chi connectivity index (χ1) is 9.28. The van der Waals surface area contributed by atoms with Gasteiger partial charge in [-0.25, -0.2) is 4.79 Å². The highest BCUT2D eigenvalue weighted by Gasteiger charge is 2.25. The van der Waals surface area contributed by atoms with Crippen LogP contribution < -0.4 is 10.6 Å². The van der Waals surface area contributed by atoms with Crippen LogP contribution >= 0.6 is 0 Å². The third-order valence-corrected chi connectivity index (χ3v) is 2.45. The molecule has 0 spiro atoms. The third-order valence-electron chi connectivity index (χ3n) is 2.45. The number of benzene rings is 1. The van der Waals surface area contributed by atoms with Crippen molar-refractivity contribution in [1.82, 2.24) is 5.32 Å². The van der Waals surface area contributed by atoms with E-state index in [1.807, 2.05) is 0 Å². The second-order valence-corrected chi connectivity index (χ2v) is 4.24. The van der Waals surface area contributed by atoms with Crippen LogP contribution in [0.4, 0.5) is 23.7 Å². The van der Waals surface area contributed by atoms with Crippen LogP contribution in [0.15, 0.2) is 24.3 Å². The Hall–Kier alpha value is -2.05. The van der Waals surface area contributed by atoms with Crippen molar-refractivity contribution in [2.75, 3.05) is 11.9 Å². The van der Waals surface area contributed by atoms with Crippen molar-refractivity contribution < 1.29 is 22.8 Å². The second-order valence-electron chi connectivity index (χ2n) is 4.24. The van der Waals surface area contributed by atoms with Gasteiger partial charge in [0.25, 0.3) is 0 Å². The summed E-state index contributed by atoms with van der Waals surface area (Å²) in [6, 6.07) is 5.69. The fraction of sp³-hybridized carbons (Fsp3) is 0.385. The maximum absolute atomic E-state index is 11.9. The molecular formula is C13H15F3N2O2. The van der Waals surface area contributed by atoms with Gasteiger partial charge in [-0.3, -0.25) is 4.79 Å². The number of nitrogens with one attached hydrogen (secondary N) is 2. The molecule has 4 nitrogen and oxygen atoms in total. The highest BCUT2D eigenvalue weighted by Crippen LogP contribution is 2.20. The summed E-state index contributed by atoms with van der Waals surface area (Å²) < 4.78 is 35.7. The number of ketones is 1. The summed E-state index contributed by atoms with van der Waals surface area (Å²) in [5, 5.41) is 4.77. The molecule has 0 atom stereocenters. The predicted octanol–water partition coefficient (Wildman–Crippen LogP) is 3.35. The quantitative estimate of drug-likeness (QED) is 0.645. The minimum Gasteiger partial charge on any atom is -0.338 e. The van der Waals surface area contributed by atoms with Crippen LogP contribution in [0, 0.1) is 0 Å². The van der Waals surface area contributed by atoms with Gasteiger partial charge in [0, 0.05) is 24.2 Å². The minimum atomic E-state index is -4.21. The van der Waals surface area contributed by atoms with E-state index in [2.05, 4.69) is 10.6 Å². The molecule has 110 valence electrons. The molecule has 0 heterocycles. The molecule has 0 radical (unpaired) electrons. The molecule has 2 N–H and O–H groups in total. The van der Waals surface area contributed by atoms with Crippen molar-refractivity contribution in [3.63, 3.8) is 0 Å². The number of amides is 2. The average Bonchev–Trinajstić information content (AvgIpc) is 2.34. The first-order valence-corrected chi connectivity index (χ1v) is 6.00. The Morgan fingerprint density at radius 3 is 2.55 bits per heavy atom. The summed E-state index contributed by atoms with van der Waals surface area (Å²) in [6.07, 6.45) is -5.33. The number of rotatable bonds is 5. The molecule has 7 heteroatoms. The minimum absolute atomic E-state index is 0.0717. The number of alkyl halides is 3. The number of halogens is 3. The number of Topliss-reactive ketones (excluding diaryl/α,β-unsaturated/α-hetero) is 1. The van der Waals surface area contributed by atoms with Crippen molar-refractivity contribution in [2.45, 2.75) is 25.9 Å². The van der Waals surface area contributed by atoms with E-state index >= 15 is 0 Å². The lowest BCUT2D eigenvalue weighted by Gasteiger charge is -2.09. The van der Waals surface area contributed by atoms with Crippen molar-refractivity contribution in [3.05, 3.63) is 29.8 Å². The molecule has 0 aliphatic rings. The molecule has 0 saturated heterocycles. The van der Waals surface area contributed by atoms with Gasteiger partial charge in [0.1, 0.15) is 0 Å². The Bertz CT molecular complexity index is 487. The van der Waals surface area contributed by atoms with Crippen molar-refractivity contribution in [3.8, 4) is 0 Å². The monoisotopic (exact) mass is 288 g/mol. The van der Waals surface area contributed by atoms with E-state index in [9.17, 15) is 22.8 Å². The predicted molar refractivity (Wildman–Crippen MR) is 68.8 cm³/mol. The summed E-state index contributed by atoms with van der Waals surface area (Å²) in [7, 11) is 0. The first-order valence-electron chi connectivity index (χ1n) is 6.00. The smallest absolute Gasteiger partial charge is 0.338 e. The van der Waals surface area contributed by atoms with Gasteiger partial charge in [-0.15, -0.1) is 0 Å². The topological polar surface area (TPSA) is 58.2 Å². The van der Waals surface area contributed by atoms with Crippen LogP contribution in [-0.2, 0) is 0 Å². The van der Waals surface area contributed by atoms with Crippen LogP contribution in [0.1, 0.15) is 30.1 Å². The summed E-state index contributed by atoms with van der Waals surface area (Å²) >= 11 is 0. The van der Waals surface area contributed by atoms with Crippen molar-refractivity contribution >= 4 is 17.5 Å². The lowest BCUT2D eigenvalue weighted by Crippen LogP contribution is -2.30. The van der Waals surface area contributed by atoms with E-state index < -0.39 is 18.6 Å². The fourth-order valence-corrected chi connectivity index (χ4v) is 1.48. The number of anilines is 1. The van der Waals surface area contributed by atoms with Crippen LogP contribution in [0.2, 0.25) is 0 Å². The molecule has 1 aromatic carbocycles. The largest absolute Gasteiger partial charge is 0.389 e. The zero-order chi connectivity index (χ0) is 15.2. The van der Waals surface area contributed by atoms with E-state index in [-0.39, 0.29) is 18.7 Å². The normalized spacial score (nSPS) is 11.0. The molecule has 0 unspecified atom stereocenters. The Kier molecular flexibility index (Phi) is 5.54. The lowest BCUT2D eigenvalue weighted by molar-refractivity contribution is -0.135. The fourth-order valence-electron chi connectivity index (χ4n) is 1.48. The van der Waals surface area contributed by atoms with Crippen LogP contribution in [0.5, 0.6) is 0 Å². The van der Waals surface area contributed by atoms with Gasteiger partial charge >= 0.3 is 12.2 Å². The molecule has 0 saturated carbocycles. The SMILES string of the molecule is CC(=O)c1cccc(NC(=O)NCCCC(F)(F)F)c1. The van der Waals surface area contributed by atoms with E-state index in [1.165, 1.54) is 13.0 Å². The maximum Gasteiger partial charge on any atom is 0.389 e. The number of carbonyl (C=O) groups is 2. The molecule has 0 aromatic heterocycles. The Morgan fingerprint density at radius 2 is 1.95 bits per heavy atom. The zero-order valence-corrected chi connectivity index (χ0v) is 10.9. The lowest BCUT2D eigenvalue weighted by atomic mass is 10.1. The van der Waals surface area contributed by atoms with Crippen LogP contribution in [0.25, 0.3) is 0 Å². The van der Waals surface area contributed by atoms with E-state index in [1.54, 1.807) is 18.2 Å². The number of hydrogen-bond donors (Lipinski definition) is 2. The molecule has 0 fully saturated rings. The van der Waals surface area contributed by atoms with E-state index in [4.69, 9.17) is 0 Å². The molecule has 0 aliphatic carbocycles. The van der Waals surface area contributed by atoms with Crippen molar-refractivity contribution in [1.29, 1.82) is 0 Å². The highest BCUT2D eigenvalue weighted by molar-refractivity contribution is 5.96. The summed E-state index contributed by atoms with van der Waals surface area (Å²) in [6.45, 7) is 1.33. The number of hydrogen-bond acceptors (Lipinski definition) is 2. The van der Waals surface area contributed by atoms with Gasteiger partial charge in [0.15, 0.2) is 5.78 Å². The summed E-state index contributed by atoms with van der Waals surface area (Å²) in [4.78, 5) is 22.6. The standard InChI is InChI=1S/C13H15F3N2O2/c1-9(19)10-4-2-5-11(8-10)18-12(20)17-7-3-6-13(14,15)16/h2,4-5,8H,3,6-7H2,1H3,(H2,17,18,20). The molecule has 2 amide bonds. The van der Waals surface area contributed by atoms with Crippen LogP contribution in [0.3, 0.4) is 0 Å². The van der Waals surface area contributed by atoms with Gasteiger partial charge in [0.05, 0.1) is 0 Å². The van der Waals surface area contributed by atoms with Crippen LogP contribution in [-0.4, -0.2) is 24.5 Å². The third kappa shape index (κ3) is 6.21. The molecular weight excluding hydrogens is 273 g/mol. The molecule has 1 rings (SSSR count).